The number of anilines is 1. The highest BCUT2D eigenvalue weighted by molar-refractivity contribution is 7.93. The number of rotatable bonds is 5. The molecule has 148 valence electrons. The van der Waals surface area contributed by atoms with E-state index in [1.165, 1.54) is 49.0 Å². The number of nitrogens with zero attached hydrogens (tertiary/aromatic N) is 2. The zero-order valence-electron chi connectivity index (χ0n) is 15.8. The van der Waals surface area contributed by atoms with Crippen molar-refractivity contribution in [3.05, 3.63) is 71.4 Å². The summed E-state index contributed by atoms with van der Waals surface area (Å²) in [6, 6.07) is 14.7. The average molecular weight is 428 g/mol. The van der Waals surface area contributed by atoms with Crippen LogP contribution in [-0.4, -0.2) is 28.9 Å². The van der Waals surface area contributed by atoms with E-state index in [0.29, 0.717) is 16.3 Å². The summed E-state index contributed by atoms with van der Waals surface area (Å²) in [4.78, 5) is 13.0. The van der Waals surface area contributed by atoms with E-state index in [0.717, 1.165) is 0 Å². The van der Waals surface area contributed by atoms with Crippen molar-refractivity contribution in [2.45, 2.75) is 23.5 Å². The molecule has 2 aromatic carbocycles. The largest absolute Gasteiger partial charge is 0.308 e. The Morgan fingerprint density at radius 3 is 2.34 bits per heavy atom. The molecule has 0 fully saturated rings. The predicted octanol–water partition coefficient (Wildman–Crippen LogP) is 3.70. The lowest BCUT2D eigenvalue weighted by atomic mass is 10.2. The molecule has 6 nitrogen and oxygen atoms in total. The summed E-state index contributed by atoms with van der Waals surface area (Å²) < 4.78 is 25.8. The van der Waals surface area contributed by atoms with Crippen LogP contribution in [0.15, 0.2) is 65.7 Å². The first kappa shape index (κ1) is 20.6. The molecule has 3 rings (SSSR count). The van der Waals surface area contributed by atoms with E-state index >= 15 is 0 Å². The second-order valence-corrected chi connectivity index (χ2v) is 9.66. The number of nitrogens with one attached hydrogen (secondary N) is 1. The van der Waals surface area contributed by atoms with Crippen molar-refractivity contribution in [1.29, 1.82) is 0 Å². The van der Waals surface area contributed by atoms with Crippen LogP contribution in [0.1, 0.15) is 19.4 Å². The van der Waals surface area contributed by atoms with E-state index in [1.54, 1.807) is 12.1 Å². The van der Waals surface area contributed by atoms with Crippen LogP contribution in [0.4, 0.5) is 5.82 Å². The van der Waals surface area contributed by atoms with Gasteiger partial charge < -0.3 is 5.32 Å². The number of amides is 1. The van der Waals surface area contributed by atoms with Crippen LogP contribution in [0, 0.1) is 12.3 Å². The number of halogens is 1. The van der Waals surface area contributed by atoms with Gasteiger partial charge in [-0.25, -0.2) is 13.1 Å². The fourth-order valence-electron chi connectivity index (χ4n) is 2.63. The van der Waals surface area contributed by atoms with Crippen molar-refractivity contribution in [3.63, 3.8) is 0 Å². The number of terminal acetylenes is 1. The maximum atomic E-state index is 13.1. The van der Waals surface area contributed by atoms with E-state index < -0.39 is 20.5 Å². The minimum atomic E-state index is -4.01. The molecular weight excluding hydrogens is 410 g/mol. The minimum Gasteiger partial charge on any atom is -0.308 e. The third-order valence-corrected chi connectivity index (χ3v) is 7.17. The van der Waals surface area contributed by atoms with Gasteiger partial charge in [-0.05, 0) is 50.2 Å². The normalized spacial score (nSPS) is 11.7. The molecule has 0 atom stereocenters. The van der Waals surface area contributed by atoms with Gasteiger partial charge in [0.05, 0.1) is 22.3 Å². The molecule has 0 saturated carbocycles. The van der Waals surface area contributed by atoms with E-state index in [9.17, 15) is 13.2 Å². The van der Waals surface area contributed by atoms with Crippen LogP contribution < -0.4 is 5.32 Å². The van der Waals surface area contributed by atoms with E-state index in [2.05, 4.69) is 16.3 Å². The molecule has 1 N–H and O–H groups in total. The van der Waals surface area contributed by atoms with Crippen LogP contribution in [0.3, 0.4) is 0 Å². The Hall–Kier alpha value is -3.08. The van der Waals surface area contributed by atoms with Gasteiger partial charge >= 0.3 is 0 Å². The van der Waals surface area contributed by atoms with Crippen molar-refractivity contribution in [1.82, 2.24) is 9.78 Å². The summed E-state index contributed by atoms with van der Waals surface area (Å²) in [6.45, 7) is 2.68. The number of carbonyl (C=O) groups is 1. The van der Waals surface area contributed by atoms with Crippen LogP contribution >= 0.6 is 11.6 Å². The van der Waals surface area contributed by atoms with Crippen molar-refractivity contribution in [3.8, 4) is 18.0 Å². The number of sulfone groups is 1. The number of para-hydroxylation sites is 1. The first-order chi connectivity index (χ1) is 13.7. The zero-order chi connectivity index (χ0) is 21.2. The lowest BCUT2D eigenvalue weighted by Crippen LogP contribution is -2.44. The second kappa shape index (κ2) is 7.74. The third-order valence-electron chi connectivity index (χ3n) is 4.50. The summed E-state index contributed by atoms with van der Waals surface area (Å²) in [7, 11) is -4.01. The first-order valence-electron chi connectivity index (χ1n) is 8.60. The smallest absolute Gasteiger partial charge is 0.246 e. The molecule has 29 heavy (non-hydrogen) atoms. The standard InChI is InChI=1S/C21H18ClN3O3S/c1-4-15-14-23-25(17-8-6-5-7-9-17)19(15)24-20(26)21(2,3)29(27,28)18-12-10-16(22)11-13-18/h1,5-14H,2-3H3,(H,24,26). The fourth-order valence-corrected chi connectivity index (χ4v) is 4.13. The Kier molecular flexibility index (Phi) is 5.51. The molecule has 0 saturated heterocycles. The van der Waals surface area contributed by atoms with Crippen molar-refractivity contribution in [2.24, 2.45) is 0 Å². The quantitative estimate of drug-likeness (QED) is 0.629. The van der Waals surface area contributed by atoms with Gasteiger partial charge in [0.2, 0.25) is 5.91 Å². The number of carbonyl (C=O) groups excluding carboxylic acids is 1. The Labute approximate surface area is 174 Å². The maximum absolute atomic E-state index is 13.1. The molecule has 1 amide bonds. The lowest BCUT2D eigenvalue weighted by molar-refractivity contribution is -0.117. The van der Waals surface area contributed by atoms with E-state index in [1.807, 2.05) is 18.2 Å². The number of aromatic nitrogens is 2. The van der Waals surface area contributed by atoms with Gasteiger partial charge in [0.15, 0.2) is 15.7 Å². The maximum Gasteiger partial charge on any atom is 0.246 e. The summed E-state index contributed by atoms with van der Waals surface area (Å²) in [5.74, 6) is 1.95. The highest BCUT2D eigenvalue weighted by atomic mass is 35.5. The van der Waals surface area contributed by atoms with Gasteiger partial charge in [-0.15, -0.1) is 6.42 Å². The van der Waals surface area contributed by atoms with E-state index in [-0.39, 0.29) is 10.7 Å². The molecule has 0 radical (unpaired) electrons. The van der Waals surface area contributed by atoms with Crippen LogP contribution in [0.5, 0.6) is 0 Å². The summed E-state index contributed by atoms with van der Waals surface area (Å²) in [5, 5.41) is 7.27. The van der Waals surface area contributed by atoms with Crippen molar-refractivity contribution < 1.29 is 13.2 Å². The molecule has 0 aliphatic carbocycles. The Balaban J connectivity index is 1.99. The number of benzene rings is 2. The monoisotopic (exact) mass is 427 g/mol. The van der Waals surface area contributed by atoms with Gasteiger partial charge in [-0.1, -0.05) is 35.7 Å². The van der Waals surface area contributed by atoms with Crippen LogP contribution in [0.2, 0.25) is 5.02 Å². The highest BCUT2D eigenvalue weighted by Crippen LogP contribution is 2.29. The molecule has 8 heteroatoms. The van der Waals surface area contributed by atoms with Crippen LogP contribution in [-0.2, 0) is 14.6 Å². The molecule has 0 unspecified atom stereocenters. The minimum absolute atomic E-state index is 0.00390. The fraction of sp³-hybridized carbons (Fsp3) is 0.143. The van der Waals surface area contributed by atoms with Gasteiger partial charge in [0.25, 0.3) is 0 Å². The Morgan fingerprint density at radius 1 is 1.14 bits per heavy atom. The molecule has 0 spiro atoms. The first-order valence-corrected chi connectivity index (χ1v) is 10.5. The molecule has 1 aromatic heterocycles. The summed E-state index contributed by atoms with van der Waals surface area (Å²) in [5.41, 5.74) is 1.00. The molecule has 0 aliphatic heterocycles. The average Bonchev–Trinajstić information content (AvgIpc) is 3.11. The SMILES string of the molecule is C#Cc1cnn(-c2ccccc2)c1NC(=O)C(C)(C)S(=O)(=O)c1ccc(Cl)cc1. The van der Waals surface area contributed by atoms with Gasteiger partial charge in [0.1, 0.15) is 4.75 Å². The van der Waals surface area contributed by atoms with Gasteiger partial charge in [0, 0.05) is 5.02 Å². The second-order valence-electron chi connectivity index (χ2n) is 6.72. The Morgan fingerprint density at radius 2 is 1.76 bits per heavy atom. The van der Waals surface area contributed by atoms with Crippen molar-refractivity contribution >= 4 is 33.2 Å². The highest BCUT2D eigenvalue weighted by Gasteiger charge is 2.43. The van der Waals surface area contributed by atoms with E-state index in [4.69, 9.17) is 18.0 Å². The number of hydrogen-bond acceptors (Lipinski definition) is 4. The Bertz CT molecular complexity index is 1190. The molecule has 1 heterocycles. The molecule has 3 aromatic rings. The van der Waals surface area contributed by atoms with Crippen molar-refractivity contribution in [2.75, 3.05) is 5.32 Å². The molecule has 0 bridgehead atoms. The van der Waals surface area contributed by atoms with Gasteiger partial charge in [-0.2, -0.15) is 5.10 Å². The molecular formula is C21H18ClN3O3S. The topological polar surface area (TPSA) is 81.1 Å². The summed E-state index contributed by atoms with van der Waals surface area (Å²) >= 11 is 5.84. The van der Waals surface area contributed by atoms with Crippen LogP contribution in [0.25, 0.3) is 5.69 Å². The number of hydrogen-bond donors (Lipinski definition) is 1. The lowest BCUT2D eigenvalue weighted by Gasteiger charge is -2.24. The van der Waals surface area contributed by atoms with Gasteiger partial charge in [-0.3, -0.25) is 4.79 Å². The molecule has 0 aliphatic rings. The zero-order valence-corrected chi connectivity index (χ0v) is 17.3. The summed E-state index contributed by atoms with van der Waals surface area (Å²) in [6.07, 6.45) is 6.97. The predicted molar refractivity (Wildman–Crippen MR) is 113 cm³/mol. The third kappa shape index (κ3) is 3.77.